The lowest BCUT2D eigenvalue weighted by molar-refractivity contribution is 0.0487. The molecule has 4 nitrogen and oxygen atoms in total. The number of carbonyl (C=O) groups excluding carboxylic acids is 1. The zero-order valence-electron chi connectivity index (χ0n) is 10.2. The molecule has 1 saturated carbocycles. The molecule has 1 aromatic heterocycles. The molecule has 0 aliphatic heterocycles. The molecule has 1 aliphatic rings. The second-order valence-electron chi connectivity index (χ2n) is 5.31. The molecule has 1 fully saturated rings. The van der Waals surface area contributed by atoms with E-state index in [0.717, 1.165) is 22.4 Å². The molecule has 0 spiro atoms. The summed E-state index contributed by atoms with van der Waals surface area (Å²) in [4.78, 5) is 11.7. The fourth-order valence-electron chi connectivity index (χ4n) is 1.63. The highest BCUT2D eigenvalue weighted by Crippen LogP contribution is 2.46. The third-order valence-corrected chi connectivity index (χ3v) is 3.11. The first kappa shape index (κ1) is 12.7. The van der Waals surface area contributed by atoms with Gasteiger partial charge in [-0.15, -0.1) is 0 Å². The van der Waals surface area contributed by atoms with Gasteiger partial charge >= 0.3 is 6.09 Å². The summed E-state index contributed by atoms with van der Waals surface area (Å²) < 4.78 is 11.6. The van der Waals surface area contributed by atoms with Gasteiger partial charge in [0.1, 0.15) is 16.9 Å². The highest BCUT2D eigenvalue weighted by atomic mass is 127. The van der Waals surface area contributed by atoms with Gasteiger partial charge in [-0.25, -0.2) is 4.79 Å². The van der Waals surface area contributed by atoms with Crippen LogP contribution < -0.4 is 5.32 Å². The van der Waals surface area contributed by atoms with Crippen LogP contribution in [-0.2, 0) is 10.3 Å². The highest BCUT2D eigenvalue weighted by molar-refractivity contribution is 14.1. The molecule has 0 radical (unpaired) electrons. The minimum Gasteiger partial charge on any atom is -0.453 e. The molecule has 1 heterocycles. The second kappa shape index (κ2) is 4.19. The van der Waals surface area contributed by atoms with Crippen molar-refractivity contribution in [1.29, 1.82) is 0 Å². The number of halogens is 1. The molecule has 5 heteroatoms. The van der Waals surface area contributed by atoms with Crippen LogP contribution in [0.1, 0.15) is 39.4 Å². The molecule has 2 rings (SSSR count). The molecule has 17 heavy (non-hydrogen) atoms. The number of alkyl carbamates (subject to hydrolysis) is 1. The zero-order chi connectivity index (χ0) is 12.7. The first-order chi connectivity index (χ1) is 7.81. The fraction of sp³-hybridized carbons (Fsp3) is 0.583. The van der Waals surface area contributed by atoms with E-state index in [9.17, 15) is 4.79 Å². The van der Waals surface area contributed by atoms with Crippen molar-refractivity contribution < 1.29 is 13.9 Å². The lowest BCUT2D eigenvalue weighted by Gasteiger charge is -2.22. The molecule has 1 N–H and O–H groups in total. The summed E-state index contributed by atoms with van der Waals surface area (Å²) in [5.41, 5.74) is -0.816. The van der Waals surface area contributed by atoms with E-state index in [1.807, 2.05) is 32.9 Å². The molecule has 1 amide bonds. The van der Waals surface area contributed by atoms with Gasteiger partial charge in [-0.1, -0.05) is 0 Å². The standard InChI is InChI=1S/C12H16INO3/c1-11(2,3)17-10(15)14-12(6-7-12)8-4-5-9(13)16-8/h4-5H,6-7H2,1-3H3,(H,14,15). The predicted molar refractivity (Wildman–Crippen MR) is 71.7 cm³/mol. The van der Waals surface area contributed by atoms with Crippen molar-refractivity contribution in [2.75, 3.05) is 0 Å². The van der Waals surface area contributed by atoms with Gasteiger partial charge in [-0.2, -0.15) is 0 Å². The van der Waals surface area contributed by atoms with E-state index in [0.29, 0.717) is 0 Å². The van der Waals surface area contributed by atoms with Gasteiger partial charge in [0.15, 0.2) is 3.77 Å². The zero-order valence-corrected chi connectivity index (χ0v) is 12.3. The molecular weight excluding hydrogens is 333 g/mol. The second-order valence-corrected chi connectivity index (χ2v) is 6.38. The molecule has 1 aliphatic carbocycles. The number of furan rings is 1. The summed E-state index contributed by atoms with van der Waals surface area (Å²) in [7, 11) is 0. The molecular formula is C12H16INO3. The third-order valence-electron chi connectivity index (χ3n) is 2.54. The van der Waals surface area contributed by atoms with E-state index in [4.69, 9.17) is 9.15 Å². The highest BCUT2D eigenvalue weighted by Gasteiger charge is 2.49. The summed E-state index contributed by atoms with van der Waals surface area (Å²) in [5, 5.41) is 2.90. The maximum absolute atomic E-state index is 11.7. The van der Waals surface area contributed by atoms with Crippen molar-refractivity contribution in [3.63, 3.8) is 0 Å². The Balaban J connectivity index is 2.02. The van der Waals surface area contributed by atoms with E-state index in [1.54, 1.807) is 0 Å². The summed E-state index contributed by atoms with van der Waals surface area (Å²) >= 11 is 2.11. The maximum Gasteiger partial charge on any atom is 0.408 e. The molecule has 0 unspecified atom stereocenters. The van der Waals surface area contributed by atoms with Crippen molar-refractivity contribution in [2.45, 2.75) is 44.8 Å². The number of nitrogens with one attached hydrogen (secondary N) is 1. The largest absolute Gasteiger partial charge is 0.453 e. The van der Waals surface area contributed by atoms with Gasteiger partial charge in [-0.05, 0) is 68.3 Å². The Bertz CT molecular complexity index is 429. The molecule has 94 valence electrons. The minimum atomic E-state index is -0.474. The third kappa shape index (κ3) is 3.14. The lowest BCUT2D eigenvalue weighted by atomic mass is 10.2. The number of hydrogen-bond donors (Lipinski definition) is 1. The molecule has 1 aromatic rings. The maximum atomic E-state index is 11.7. The van der Waals surface area contributed by atoms with Crippen LogP contribution in [0.4, 0.5) is 4.79 Å². The van der Waals surface area contributed by atoms with Crippen LogP contribution >= 0.6 is 22.6 Å². The Morgan fingerprint density at radius 3 is 2.53 bits per heavy atom. The van der Waals surface area contributed by atoms with Gasteiger partial charge in [0, 0.05) is 0 Å². The summed E-state index contributed by atoms with van der Waals surface area (Å²) in [5.74, 6) is 0.813. The first-order valence-electron chi connectivity index (χ1n) is 5.58. The number of rotatable bonds is 2. The number of amides is 1. The fourth-order valence-corrected chi connectivity index (χ4v) is 2.05. The van der Waals surface area contributed by atoms with Crippen LogP contribution in [0.2, 0.25) is 0 Å². The summed E-state index contributed by atoms with van der Waals surface area (Å²) in [6.45, 7) is 5.55. The molecule has 0 saturated heterocycles. The van der Waals surface area contributed by atoms with E-state index < -0.39 is 5.60 Å². The molecule has 0 aromatic carbocycles. The Labute approximate surface area is 114 Å². The Kier molecular flexibility index (Phi) is 3.14. The van der Waals surface area contributed by atoms with Crippen LogP contribution in [0.25, 0.3) is 0 Å². The van der Waals surface area contributed by atoms with Crippen LogP contribution in [0, 0.1) is 3.77 Å². The molecule has 0 atom stereocenters. The number of ether oxygens (including phenoxy) is 1. The molecule has 0 bridgehead atoms. The van der Waals surface area contributed by atoms with Gasteiger partial charge in [-0.3, -0.25) is 0 Å². The van der Waals surface area contributed by atoms with Crippen molar-refractivity contribution in [1.82, 2.24) is 5.32 Å². The van der Waals surface area contributed by atoms with Crippen LogP contribution in [0.3, 0.4) is 0 Å². The van der Waals surface area contributed by atoms with Gasteiger partial charge in [0.25, 0.3) is 0 Å². The van der Waals surface area contributed by atoms with Gasteiger partial charge in [0.05, 0.1) is 0 Å². The first-order valence-corrected chi connectivity index (χ1v) is 6.66. The van der Waals surface area contributed by atoms with Crippen molar-refractivity contribution in [2.24, 2.45) is 0 Å². The minimum absolute atomic E-state index is 0.342. The smallest absolute Gasteiger partial charge is 0.408 e. The number of hydrogen-bond acceptors (Lipinski definition) is 3. The van der Waals surface area contributed by atoms with E-state index in [2.05, 4.69) is 27.9 Å². The average molecular weight is 349 g/mol. The summed E-state index contributed by atoms with van der Waals surface area (Å²) in [6, 6.07) is 3.80. The Hall–Kier alpha value is -0.720. The van der Waals surface area contributed by atoms with E-state index in [-0.39, 0.29) is 11.6 Å². The Morgan fingerprint density at radius 2 is 2.12 bits per heavy atom. The lowest BCUT2D eigenvalue weighted by Crippen LogP contribution is -2.39. The van der Waals surface area contributed by atoms with Crippen LogP contribution in [0.5, 0.6) is 0 Å². The van der Waals surface area contributed by atoms with E-state index >= 15 is 0 Å². The van der Waals surface area contributed by atoms with Crippen LogP contribution in [-0.4, -0.2) is 11.7 Å². The predicted octanol–water partition coefficient (Wildman–Crippen LogP) is 3.40. The van der Waals surface area contributed by atoms with Crippen LogP contribution in [0.15, 0.2) is 16.5 Å². The Morgan fingerprint density at radius 1 is 1.47 bits per heavy atom. The number of carbonyl (C=O) groups is 1. The van der Waals surface area contributed by atoms with Crippen molar-refractivity contribution >= 4 is 28.7 Å². The SMILES string of the molecule is CC(C)(C)OC(=O)NC1(c2ccc(I)o2)CC1. The van der Waals surface area contributed by atoms with Crippen molar-refractivity contribution in [3.05, 3.63) is 21.7 Å². The van der Waals surface area contributed by atoms with Crippen molar-refractivity contribution in [3.8, 4) is 0 Å². The summed E-state index contributed by atoms with van der Waals surface area (Å²) in [6.07, 6.45) is 1.41. The topological polar surface area (TPSA) is 51.5 Å². The monoisotopic (exact) mass is 349 g/mol. The normalized spacial score (nSPS) is 17.6. The van der Waals surface area contributed by atoms with Gasteiger partial charge < -0.3 is 14.5 Å². The average Bonchev–Trinajstić information content (AvgIpc) is 2.77. The van der Waals surface area contributed by atoms with Gasteiger partial charge in [0.2, 0.25) is 0 Å². The van der Waals surface area contributed by atoms with E-state index in [1.165, 1.54) is 0 Å². The quantitative estimate of drug-likeness (QED) is 0.833.